The van der Waals surface area contributed by atoms with Crippen molar-refractivity contribution < 1.29 is 22.4 Å². The van der Waals surface area contributed by atoms with Gasteiger partial charge in [0.2, 0.25) is 15.9 Å². The molecule has 39 heavy (non-hydrogen) atoms. The molecule has 1 heterocycles. The van der Waals surface area contributed by atoms with E-state index < -0.39 is 33.7 Å². The lowest BCUT2D eigenvalue weighted by atomic mass is 10.0. The SMILES string of the molecule is CN1CCC(NS(=O)(=O)c2ccc(NC(=O)[C@H](Cc3ccccc3)N(C)C(=O)c3ccc(F)cc3)cc2)CC1. The molecular formula is C29H33FN4O4S. The fourth-order valence-electron chi connectivity index (χ4n) is 4.54. The third kappa shape index (κ3) is 7.50. The number of hydrogen-bond donors (Lipinski definition) is 2. The van der Waals surface area contributed by atoms with Crippen LogP contribution >= 0.6 is 0 Å². The zero-order valence-corrected chi connectivity index (χ0v) is 22.8. The van der Waals surface area contributed by atoms with Crippen molar-refractivity contribution in [3.05, 3.63) is 95.8 Å². The Morgan fingerprint density at radius 3 is 2.21 bits per heavy atom. The maximum atomic E-state index is 13.4. The summed E-state index contributed by atoms with van der Waals surface area (Å²) in [5.41, 5.74) is 1.52. The Kier molecular flexibility index (Phi) is 9.11. The molecule has 0 aromatic heterocycles. The van der Waals surface area contributed by atoms with Crippen molar-refractivity contribution >= 4 is 27.5 Å². The molecule has 0 spiro atoms. The summed E-state index contributed by atoms with van der Waals surface area (Å²) in [6.45, 7) is 1.67. The number of anilines is 1. The van der Waals surface area contributed by atoms with E-state index in [1.54, 1.807) is 0 Å². The quantitative estimate of drug-likeness (QED) is 0.423. The molecule has 3 aromatic carbocycles. The van der Waals surface area contributed by atoms with Crippen molar-refractivity contribution in [2.75, 3.05) is 32.5 Å². The zero-order valence-electron chi connectivity index (χ0n) is 22.0. The van der Waals surface area contributed by atoms with Gasteiger partial charge in [0.1, 0.15) is 11.9 Å². The molecule has 1 aliphatic rings. The molecule has 4 rings (SSSR count). The number of halogens is 1. The topological polar surface area (TPSA) is 98.8 Å². The zero-order chi connectivity index (χ0) is 28.0. The first-order chi connectivity index (χ1) is 18.6. The van der Waals surface area contributed by atoms with Gasteiger partial charge in [0.15, 0.2) is 0 Å². The standard InChI is InChI=1S/C29H33FN4O4S/c1-33-18-16-25(17-19-33)32-39(37,38)26-14-12-24(13-15-26)31-28(35)27(20-21-6-4-3-5-7-21)34(2)29(36)22-8-10-23(30)11-9-22/h3-15,25,27,32H,16-20H2,1-2H3,(H,31,35)/t27-/m0/s1. The molecule has 0 bridgehead atoms. The van der Waals surface area contributed by atoms with Gasteiger partial charge < -0.3 is 15.1 Å². The lowest BCUT2D eigenvalue weighted by molar-refractivity contribution is -0.120. The second kappa shape index (κ2) is 12.5. The van der Waals surface area contributed by atoms with Crippen molar-refractivity contribution in [3.8, 4) is 0 Å². The lowest BCUT2D eigenvalue weighted by Gasteiger charge is -2.29. The van der Waals surface area contributed by atoms with Gasteiger partial charge in [-0.3, -0.25) is 9.59 Å². The molecule has 0 unspecified atom stereocenters. The molecule has 10 heteroatoms. The molecule has 0 aliphatic carbocycles. The van der Waals surface area contributed by atoms with Gasteiger partial charge in [-0.1, -0.05) is 30.3 Å². The van der Waals surface area contributed by atoms with E-state index in [0.717, 1.165) is 31.5 Å². The van der Waals surface area contributed by atoms with Gasteiger partial charge in [-0.15, -0.1) is 0 Å². The number of nitrogens with zero attached hydrogens (tertiary/aromatic N) is 2. The number of hydrogen-bond acceptors (Lipinski definition) is 5. The van der Waals surface area contributed by atoms with Gasteiger partial charge in [0, 0.05) is 30.8 Å². The second-order valence-corrected chi connectivity index (χ2v) is 11.6. The fraction of sp³-hybridized carbons (Fsp3) is 0.310. The van der Waals surface area contributed by atoms with Crippen LogP contribution in [-0.4, -0.2) is 69.3 Å². The van der Waals surface area contributed by atoms with E-state index >= 15 is 0 Å². The molecule has 8 nitrogen and oxygen atoms in total. The Morgan fingerprint density at radius 1 is 0.974 bits per heavy atom. The lowest BCUT2D eigenvalue weighted by Crippen LogP contribution is -2.46. The smallest absolute Gasteiger partial charge is 0.254 e. The number of benzene rings is 3. The van der Waals surface area contributed by atoms with E-state index in [2.05, 4.69) is 14.9 Å². The molecule has 3 aromatic rings. The van der Waals surface area contributed by atoms with E-state index in [1.165, 1.54) is 60.5 Å². The average Bonchev–Trinajstić information content (AvgIpc) is 2.93. The molecule has 206 valence electrons. The van der Waals surface area contributed by atoms with Crippen molar-refractivity contribution in [1.29, 1.82) is 0 Å². The molecule has 1 saturated heterocycles. The summed E-state index contributed by atoms with van der Waals surface area (Å²) in [6.07, 6.45) is 1.75. The normalized spacial score (nSPS) is 15.5. The maximum absolute atomic E-state index is 13.4. The van der Waals surface area contributed by atoms with Crippen molar-refractivity contribution in [3.63, 3.8) is 0 Å². The summed E-state index contributed by atoms with van der Waals surface area (Å²) >= 11 is 0. The Morgan fingerprint density at radius 2 is 1.59 bits per heavy atom. The number of amides is 2. The van der Waals surface area contributed by atoms with E-state index in [0.29, 0.717) is 5.69 Å². The van der Waals surface area contributed by atoms with Gasteiger partial charge in [0.05, 0.1) is 4.90 Å². The number of carbonyl (C=O) groups is 2. The van der Waals surface area contributed by atoms with Crippen LogP contribution in [0.15, 0.2) is 83.8 Å². The molecular weight excluding hydrogens is 519 g/mol. The molecule has 2 N–H and O–H groups in total. The largest absolute Gasteiger partial charge is 0.329 e. The minimum atomic E-state index is -3.70. The molecule has 1 fully saturated rings. The highest BCUT2D eigenvalue weighted by Gasteiger charge is 2.29. The molecule has 1 atom stereocenters. The van der Waals surface area contributed by atoms with Gasteiger partial charge in [0.25, 0.3) is 5.91 Å². The number of sulfonamides is 1. The van der Waals surface area contributed by atoms with Crippen LogP contribution in [0.3, 0.4) is 0 Å². The molecule has 0 radical (unpaired) electrons. The van der Waals surface area contributed by atoms with E-state index in [4.69, 9.17) is 0 Å². The van der Waals surface area contributed by atoms with Crippen LogP contribution in [-0.2, 0) is 21.2 Å². The van der Waals surface area contributed by atoms with Crippen LogP contribution in [0.25, 0.3) is 0 Å². The van der Waals surface area contributed by atoms with Gasteiger partial charge in [-0.2, -0.15) is 0 Å². The van der Waals surface area contributed by atoms with Crippen LogP contribution < -0.4 is 10.0 Å². The summed E-state index contributed by atoms with van der Waals surface area (Å²) in [6, 6.07) is 19.4. The number of rotatable bonds is 9. The van der Waals surface area contributed by atoms with Crippen molar-refractivity contribution in [2.45, 2.75) is 36.2 Å². The van der Waals surface area contributed by atoms with E-state index in [-0.39, 0.29) is 22.9 Å². The first kappa shape index (κ1) is 28.4. The van der Waals surface area contributed by atoms with Crippen LogP contribution in [0.4, 0.5) is 10.1 Å². The summed E-state index contributed by atoms with van der Waals surface area (Å²) < 4.78 is 41.9. The number of likely N-dealkylation sites (N-methyl/N-ethyl adjacent to an activating group) is 1. The molecule has 0 saturated carbocycles. The predicted molar refractivity (Wildman–Crippen MR) is 148 cm³/mol. The van der Waals surface area contributed by atoms with Crippen LogP contribution in [0, 0.1) is 5.82 Å². The van der Waals surface area contributed by atoms with Crippen LogP contribution in [0.1, 0.15) is 28.8 Å². The van der Waals surface area contributed by atoms with Crippen LogP contribution in [0.5, 0.6) is 0 Å². The third-order valence-electron chi connectivity index (χ3n) is 6.93. The highest BCUT2D eigenvalue weighted by molar-refractivity contribution is 7.89. The van der Waals surface area contributed by atoms with Gasteiger partial charge >= 0.3 is 0 Å². The number of nitrogens with one attached hydrogen (secondary N) is 2. The molecule has 2 amide bonds. The van der Waals surface area contributed by atoms with Gasteiger partial charge in [-0.05, 0) is 87.1 Å². The van der Waals surface area contributed by atoms with Crippen molar-refractivity contribution in [2.24, 2.45) is 0 Å². The maximum Gasteiger partial charge on any atom is 0.254 e. The number of carbonyl (C=O) groups excluding carboxylic acids is 2. The number of likely N-dealkylation sites (tertiary alicyclic amines) is 1. The minimum Gasteiger partial charge on any atom is -0.329 e. The highest BCUT2D eigenvalue weighted by Crippen LogP contribution is 2.19. The van der Waals surface area contributed by atoms with E-state index in [1.807, 2.05) is 37.4 Å². The van der Waals surface area contributed by atoms with E-state index in [9.17, 15) is 22.4 Å². The Hall–Kier alpha value is -3.60. The highest BCUT2D eigenvalue weighted by atomic mass is 32.2. The monoisotopic (exact) mass is 552 g/mol. The molecule has 1 aliphatic heterocycles. The fourth-order valence-corrected chi connectivity index (χ4v) is 5.84. The summed E-state index contributed by atoms with van der Waals surface area (Å²) in [4.78, 5) is 30.2. The second-order valence-electron chi connectivity index (χ2n) is 9.84. The number of piperidine rings is 1. The first-order valence-electron chi connectivity index (χ1n) is 12.8. The Bertz CT molecular complexity index is 1380. The first-order valence-corrected chi connectivity index (χ1v) is 14.3. The van der Waals surface area contributed by atoms with Gasteiger partial charge in [-0.25, -0.2) is 17.5 Å². The summed E-state index contributed by atoms with van der Waals surface area (Å²) in [5.74, 6) is -1.32. The average molecular weight is 553 g/mol. The summed E-state index contributed by atoms with van der Waals surface area (Å²) in [7, 11) is -0.155. The Labute approximate surface area is 228 Å². The minimum absolute atomic E-state index is 0.112. The predicted octanol–water partition coefficient (Wildman–Crippen LogP) is 3.52. The Balaban J connectivity index is 1.48. The summed E-state index contributed by atoms with van der Waals surface area (Å²) in [5, 5.41) is 2.81. The van der Waals surface area contributed by atoms with Crippen molar-refractivity contribution in [1.82, 2.24) is 14.5 Å². The third-order valence-corrected chi connectivity index (χ3v) is 8.46. The van der Waals surface area contributed by atoms with Crippen LogP contribution in [0.2, 0.25) is 0 Å².